The minimum atomic E-state index is -0.247. The molecule has 0 heterocycles. The third kappa shape index (κ3) is 4.76. The van der Waals surface area contributed by atoms with Crippen LogP contribution >= 0.6 is 11.6 Å². The van der Waals surface area contributed by atoms with Crippen molar-refractivity contribution in [1.82, 2.24) is 5.32 Å². The Hall–Kier alpha value is -0.570. The normalized spacial score (nSPS) is 20.4. The molecule has 0 aliphatic heterocycles. The standard InChI is InChI=1S/C17H26ClNO/c1-17(13-20,12-14-8-10-15(18)11-9-14)19-16-6-4-2-3-5-7-16/h8-11,16,19-20H,2-7,12-13H2,1H3. The van der Waals surface area contributed by atoms with E-state index < -0.39 is 0 Å². The van der Waals surface area contributed by atoms with Crippen molar-refractivity contribution in [2.45, 2.75) is 63.5 Å². The van der Waals surface area contributed by atoms with Gasteiger partial charge in [0.25, 0.3) is 0 Å². The van der Waals surface area contributed by atoms with Gasteiger partial charge in [0.2, 0.25) is 0 Å². The first-order valence-electron chi connectivity index (χ1n) is 7.74. The molecule has 0 saturated heterocycles. The first-order valence-corrected chi connectivity index (χ1v) is 8.12. The molecule has 0 bridgehead atoms. The molecule has 3 heteroatoms. The van der Waals surface area contributed by atoms with Crippen molar-refractivity contribution in [3.63, 3.8) is 0 Å². The van der Waals surface area contributed by atoms with Gasteiger partial charge in [-0.2, -0.15) is 0 Å². The average Bonchev–Trinajstić information content (AvgIpc) is 2.70. The number of aliphatic hydroxyl groups is 1. The number of hydrogen-bond acceptors (Lipinski definition) is 2. The molecular formula is C17H26ClNO. The average molecular weight is 296 g/mol. The summed E-state index contributed by atoms with van der Waals surface area (Å²) in [5, 5.41) is 14.3. The maximum absolute atomic E-state index is 9.81. The van der Waals surface area contributed by atoms with Crippen molar-refractivity contribution >= 4 is 11.6 Å². The summed E-state index contributed by atoms with van der Waals surface area (Å²) in [6, 6.07) is 8.47. The second-order valence-electron chi connectivity index (χ2n) is 6.35. The van der Waals surface area contributed by atoms with E-state index >= 15 is 0 Å². The van der Waals surface area contributed by atoms with Gasteiger partial charge in [0.05, 0.1) is 6.61 Å². The number of nitrogens with one attached hydrogen (secondary N) is 1. The summed E-state index contributed by atoms with van der Waals surface area (Å²) in [5.74, 6) is 0. The molecule has 0 amide bonds. The highest BCUT2D eigenvalue weighted by Crippen LogP contribution is 2.22. The lowest BCUT2D eigenvalue weighted by molar-refractivity contribution is 0.156. The van der Waals surface area contributed by atoms with Crippen LogP contribution in [0.15, 0.2) is 24.3 Å². The zero-order valence-corrected chi connectivity index (χ0v) is 13.1. The molecule has 1 saturated carbocycles. The highest BCUT2D eigenvalue weighted by Gasteiger charge is 2.27. The monoisotopic (exact) mass is 295 g/mol. The maximum atomic E-state index is 9.81. The largest absolute Gasteiger partial charge is 0.394 e. The minimum absolute atomic E-state index is 0.159. The molecule has 2 rings (SSSR count). The summed E-state index contributed by atoms with van der Waals surface area (Å²) in [5.41, 5.74) is 0.968. The zero-order chi connectivity index (χ0) is 14.4. The van der Waals surface area contributed by atoms with Crippen LogP contribution in [0.3, 0.4) is 0 Å². The van der Waals surface area contributed by atoms with Crippen LogP contribution in [0, 0.1) is 0 Å². The predicted octanol–water partition coefficient (Wildman–Crippen LogP) is 3.95. The van der Waals surface area contributed by atoms with E-state index in [0.717, 1.165) is 11.4 Å². The second-order valence-corrected chi connectivity index (χ2v) is 6.79. The Kier molecular flexibility index (Phi) is 5.88. The maximum Gasteiger partial charge on any atom is 0.0613 e. The van der Waals surface area contributed by atoms with E-state index in [1.165, 1.54) is 44.1 Å². The molecule has 1 unspecified atom stereocenters. The van der Waals surface area contributed by atoms with Crippen LogP contribution in [0.5, 0.6) is 0 Å². The van der Waals surface area contributed by atoms with Gasteiger partial charge in [-0.05, 0) is 43.9 Å². The van der Waals surface area contributed by atoms with E-state index in [1.807, 2.05) is 24.3 Å². The summed E-state index contributed by atoms with van der Waals surface area (Å²) < 4.78 is 0. The highest BCUT2D eigenvalue weighted by molar-refractivity contribution is 6.30. The summed E-state index contributed by atoms with van der Waals surface area (Å²) in [7, 11) is 0. The second kappa shape index (κ2) is 7.44. The first-order chi connectivity index (χ1) is 9.61. The zero-order valence-electron chi connectivity index (χ0n) is 12.4. The molecule has 1 atom stereocenters. The van der Waals surface area contributed by atoms with Crippen molar-refractivity contribution in [3.05, 3.63) is 34.9 Å². The molecule has 1 aromatic rings. The van der Waals surface area contributed by atoms with Gasteiger partial charge < -0.3 is 10.4 Å². The SMILES string of the molecule is CC(CO)(Cc1ccc(Cl)cc1)NC1CCCCCC1. The molecule has 2 nitrogen and oxygen atoms in total. The van der Waals surface area contributed by atoms with Crippen LogP contribution in [0.2, 0.25) is 5.02 Å². The lowest BCUT2D eigenvalue weighted by Crippen LogP contribution is -2.52. The van der Waals surface area contributed by atoms with Gasteiger partial charge in [-0.15, -0.1) is 0 Å². The predicted molar refractivity (Wildman–Crippen MR) is 85.3 cm³/mol. The Balaban J connectivity index is 1.98. The van der Waals surface area contributed by atoms with Gasteiger partial charge in [-0.1, -0.05) is 49.4 Å². The van der Waals surface area contributed by atoms with Gasteiger partial charge in [0.15, 0.2) is 0 Å². The number of aliphatic hydroxyl groups excluding tert-OH is 1. The van der Waals surface area contributed by atoms with E-state index in [1.54, 1.807) is 0 Å². The van der Waals surface area contributed by atoms with E-state index in [0.29, 0.717) is 6.04 Å². The van der Waals surface area contributed by atoms with Gasteiger partial charge in [-0.25, -0.2) is 0 Å². The minimum Gasteiger partial charge on any atom is -0.394 e. The number of hydrogen-bond donors (Lipinski definition) is 2. The lowest BCUT2D eigenvalue weighted by Gasteiger charge is -2.34. The Morgan fingerprint density at radius 1 is 1.15 bits per heavy atom. The Bertz CT molecular complexity index is 398. The van der Waals surface area contributed by atoms with E-state index in [9.17, 15) is 5.11 Å². The van der Waals surface area contributed by atoms with Gasteiger partial charge in [0.1, 0.15) is 0 Å². The molecule has 20 heavy (non-hydrogen) atoms. The number of rotatable bonds is 5. The van der Waals surface area contributed by atoms with Gasteiger partial charge in [-0.3, -0.25) is 0 Å². The smallest absolute Gasteiger partial charge is 0.0613 e. The van der Waals surface area contributed by atoms with Crippen molar-refractivity contribution < 1.29 is 5.11 Å². The van der Waals surface area contributed by atoms with E-state index in [4.69, 9.17) is 11.6 Å². The van der Waals surface area contributed by atoms with Crippen molar-refractivity contribution in [1.29, 1.82) is 0 Å². The fraction of sp³-hybridized carbons (Fsp3) is 0.647. The molecule has 0 aromatic heterocycles. The third-order valence-corrected chi connectivity index (χ3v) is 4.52. The van der Waals surface area contributed by atoms with E-state index in [2.05, 4.69) is 12.2 Å². The molecule has 2 N–H and O–H groups in total. The summed E-state index contributed by atoms with van der Waals surface area (Å²) in [6.45, 7) is 2.28. The van der Waals surface area contributed by atoms with Gasteiger partial charge >= 0.3 is 0 Å². The topological polar surface area (TPSA) is 32.3 Å². The molecule has 0 spiro atoms. The molecular weight excluding hydrogens is 270 g/mol. The third-order valence-electron chi connectivity index (χ3n) is 4.26. The summed E-state index contributed by atoms with van der Waals surface area (Å²) >= 11 is 5.93. The van der Waals surface area contributed by atoms with Crippen LogP contribution in [0.1, 0.15) is 51.0 Å². The first kappa shape index (κ1) is 15.8. The Morgan fingerprint density at radius 2 is 1.75 bits per heavy atom. The molecule has 1 aliphatic rings. The Morgan fingerprint density at radius 3 is 2.30 bits per heavy atom. The molecule has 1 fully saturated rings. The van der Waals surface area contributed by atoms with Crippen LogP contribution in [0.25, 0.3) is 0 Å². The van der Waals surface area contributed by atoms with Crippen LogP contribution in [-0.2, 0) is 6.42 Å². The molecule has 112 valence electrons. The van der Waals surface area contributed by atoms with E-state index in [-0.39, 0.29) is 12.1 Å². The Labute approximate surface area is 127 Å². The van der Waals surface area contributed by atoms with Crippen LogP contribution < -0.4 is 5.32 Å². The van der Waals surface area contributed by atoms with Crippen molar-refractivity contribution in [2.24, 2.45) is 0 Å². The summed E-state index contributed by atoms with van der Waals surface area (Å²) in [6.07, 6.45) is 8.61. The van der Waals surface area contributed by atoms with Crippen molar-refractivity contribution in [2.75, 3.05) is 6.61 Å². The number of benzene rings is 1. The highest BCUT2D eigenvalue weighted by atomic mass is 35.5. The van der Waals surface area contributed by atoms with Crippen molar-refractivity contribution in [3.8, 4) is 0 Å². The molecule has 0 radical (unpaired) electrons. The summed E-state index contributed by atoms with van der Waals surface area (Å²) in [4.78, 5) is 0. The quantitative estimate of drug-likeness (QED) is 0.806. The van der Waals surface area contributed by atoms with Gasteiger partial charge in [0, 0.05) is 16.6 Å². The fourth-order valence-corrected chi connectivity index (χ4v) is 3.25. The molecule has 1 aliphatic carbocycles. The van der Waals surface area contributed by atoms with Crippen LogP contribution in [-0.4, -0.2) is 23.3 Å². The van der Waals surface area contributed by atoms with Crippen LogP contribution in [0.4, 0.5) is 0 Å². The molecule has 1 aromatic carbocycles. The lowest BCUT2D eigenvalue weighted by atomic mass is 9.91. The number of halogens is 1. The fourth-order valence-electron chi connectivity index (χ4n) is 3.12.